The van der Waals surface area contributed by atoms with Gasteiger partial charge >= 0.3 is 11.9 Å². The molecular formula is C17H14O6. The van der Waals surface area contributed by atoms with Crippen LogP contribution in [0.2, 0.25) is 0 Å². The second-order valence-electron chi connectivity index (χ2n) is 4.80. The number of hydrogen-bond donors (Lipinski definition) is 0. The Balaban J connectivity index is 1.65. The molecule has 2 aromatic rings. The number of rotatable bonds is 3. The van der Waals surface area contributed by atoms with Gasteiger partial charge in [-0.1, -0.05) is 12.1 Å². The van der Waals surface area contributed by atoms with Crippen molar-refractivity contribution in [3.05, 3.63) is 54.1 Å². The highest BCUT2D eigenvalue weighted by Crippen LogP contribution is 2.31. The first kappa shape index (κ1) is 14.9. The number of hydrogen-bond acceptors (Lipinski definition) is 6. The van der Waals surface area contributed by atoms with E-state index in [9.17, 15) is 9.59 Å². The molecule has 6 heteroatoms. The third-order valence-corrected chi connectivity index (χ3v) is 3.27. The number of fused-ring (bicyclic) bond motifs is 1. The molecule has 1 aliphatic heterocycles. The molecule has 1 aliphatic rings. The summed E-state index contributed by atoms with van der Waals surface area (Å²) in [5.74, 6) is 0.389. The van der Waals surface area contributed by atoms with E-state index in [1.165, 1.54) is 31.4 Å². The van der Waals surface area contributed by atoms with Crippen LogP contribution in [-0.2, 0) is 9.53 Å². The summed E-state index contributed by atoms with van der Waals surface area (Å²) >= 11 is 0. The number of carbonyl (C=O) groups is 2. The van der Waals surface area contributed by atoms with Crippen molar-refractivity contribution in [3.63, 3.8) is 0 Å². The average molecular weight is 314 g/mol. The van der Waals surface area contributed by atoms with Crippen molar-refractivity contribution >= 4 is 11.9 Å². The van der Waals surface area contributed by atoms with Gasteiger partial charge in [-0.25, -0.2) is 9.59 Å². The van der Waals surface area contributed by atoms with Crippen molar-refractivity contribution in [1.82, 2.24) is 0 Å². The summed E-state index contributed by atoms with van der Waals surface area (Å²) in [7, 11) is 1.30. The fourth-order valence-electron chi connectivity index (χ4n) is 2.09. The fourth-order valence-corrected chi connectivity index (χ4v) is 2.09. The van der Waals surface area contributed by atoms with E-state index < -0.39 is 18.0 Å². The Morgan fingerprint density at radius 1 is 1.04 bits per heavy atom. The van der Waals surface area contributed by atoms with Gasteiger partial charge in [-0.05, 0) is 36.4 Å². The molecule has 1 heterocycles. The highest BCUT2D eigenvalue weighted by molar-refractivity contribution is 5.89. The molecule has 6 nitrogen and oxygen atoms in total. The number of ether oxygens (including phenoxy) is 4. The Kier molecular flexibility index (Phi) is 4.14. The van der Waals surface area contributed by atoms with Crippen molar-refractivity contribution in [2.75, 3.05) is 13.7 Å². The first-order valence-electron chi connectivity index (χ1n) is 6.96. The lowest BCUT2D eigenvalue weighted by Gasteiger charge is -2.24. The van der Waals surface area contributed by atoms with Crippen LogP contribution >= 0.6 is 0 Å². The van der Waals surface area contributed by atoms with Gasteiger partial charge in [0.25, 0.3) is 0 Å². The van der Waals surface area contributed by atoms with E-state index in [1.807, 2.05) is 6.07 Å². The predicted octanol–water partition coefficient (Wildman–Crippen LogP) is 2.22. The fraction of sp³-hybridized carbons (Fsp3) is 0.176. The van der Waals surface area contributed by atoms with Crippen LogP contribution < -0.4 is 14.2 Å². The number of benzene rings is 2. The molecule has 0 spiro atoms. The van der Waals surface area contributed by atoms with Crippen LogP contribution in [0.3, 0.4) is 0 Å². The topological polar surface area (TPSA) is 71.1 Å². The van der Waals surface area contributed by atoms with E-state index in [1.54, 1.807) is 18.2 Å². The van der Waals surface area contributed by atoms with Gasteiger partial charge in [0.15, 0.2) is 11.5 Å². The molecule has 1 unspecified atom stereocenters. The smallest absolute Gasteiger partial charge is 0.356 e. The zero-order valence-corrected chi connectivity index (χ0v) is 12.4. The lowest BCUT2D eigenvalue weighted by Crippen LogP contribution is -2.39. The minimum atomic E-state index is -0.842. The quantitative estimate of drug-likeness (QED) is 0.639. The molecule has 0 aliphatic carbocycles. The molecular weight excluding hydrogens is 300 g/mol. The standard InChI is InChI=1S/C17H14O6/c1-20-16(18)11-6-8-12(9-7-11)22-17(19)15-10-21-13-4-2-3-5-14(13)23-15/h2-9,15H,10H2,1H3. The van der Waals surface area contributed by atoms with Crippen LogP contribution in [-0.4, -0.2) is 31.8 Å². The molecule has 0 bridgehead atoms. The van der Waals surface area contributed by atoms with Gasteiger partial charge in [-0.2, -0.15) is 0 Å². The highest BCUT2D eigenvalue weighted by atomic mass is 16.6. The van der Waals surface area contributed by atoms with E-state index in [-0.39, 0.29) is 6.61 Å². The largest absolute Gasteiger partial charge is 0.485 e. The van der Waals surface area contributed by atoms with E-state index >= 15 is 0 Å². The summed E-state index contributed by atoms with van der Waals surface area (Å²) < 4.78 is 20.9. The van der Waals surface area contributed by atoms with Crippen LogP contribution in [0.1, 0.15) is 10.4 Å². The maximum absolute atomic E-state index is 12.1. The lowest BCUT2D eigenvalue weighted by molar-refractivity contribution is -0.144. The number of esters is 2. The minimum absolute atomic E-state index is 0.0795. The molecule has 0 saturated carbocycles. The summed E-state index contributed by atoms with van der Waals surface area (Å²) in [5.41, 5.74) is 0.374. The number of para-hydroxylation sites is 2. The Hall–Kier alpha value is -3.02. The molecule has 0 radical (unpaired) electrons. The Morgan fingerprint density at radius 3 is 2.43 bits per heavy atom. The SMILES string of the molecule is COC(=O)c1ccc(OC(=O)C2COc3ccccc3O2)cc1. The molecule has 1 atom stereocenters. The first-order chi connectivity index (χ1) is 11.2. The Bertz CT molecular complexity index is 722. The summed E-state index contributed by atoms with van der Waals surface area (Å²) in [4.78, 5) is 23.5. The molecule has 2 aromatic carbocycles. The Morgan fingerprint density at radius 2 is 1.74 bits per heavy atom. The van der Waals surface area contributed by atoms with E-state index in [2.05, 4.69) is 4.74 Å². The maximum atomic E-state index is 12.1. The average Bonchev–Trinajstić information content (AvgIpc) is 2.61. The first-order valence-corrected chi connectivity index (χ1v) is 6.96. The second-order valence-corrected chi connectivity index (χ2v) is 4.80. The maximum Gasteiger partial charge on any atom is 0.356 e. The summed E-state index contributed by atoms with van der Waals surface area (Å²) in [6, 6.07) is 13.2. The minimum Gasteiger partial charge on any atom is -0.485 e. The van der Waals surface area contributed by atoms with Crippen LogP contribution in [0.5, 0.6) is 17.2 Å². The van der Waals surface area contributed by atoms with Crippen molar-refractivity contribution in [1.29, 1.82) is 0 Å². The van der Waals surface area contributed by atoms with Gasteiger partial charge in [-0.3, -0.25) is 0 Å². The summed E-state index contributed by atoms with van der Waals surface area (Å²) in [6.07, 6.45) is -0.842. The Labute approximate surface area is 132 Å². The van der Waals surface area contributed by atoms with Crippen LogP contribution in [0.15, 0.2) is 48.5 Å². The summed E-state index contributed by atoms with van der Waals surface area (Å²) in [5, 5.41) is 0. The molecule has 3 rings (SSSR count). The van der Waals surface area contributed by atoms with Crippen molar-refractivity contribution in [2.24, 2.45) is 0 Å². The molecule has 23 heavy (non-hydrogen) atoms. The van der Waals surface area contributed by atoms with E-state index in [0.717, 1.165) is 0 Å². The molecule has 0 amide bonds. The normalized spacial score (nSPS) is 15.6. The highest BCUT2D eigenvalue weighted by Gasteiger charge is 2.29. The van der Waals surface area contributed by atoms with Gasteiger partial charge in [0.1, 0.15) is 12.4 Å². The van der Waals surface area contributed by atoms with Gasteiger partial charge in [0.05, 0.1) is 12.7 Å². The molecule has 0 saturated heterocycles. The molecule has 0 aromatic heterocycles. The second kappa shape index (κ2) is 6.39. The number of methoxy groups -OCH3 is 1. The van der Waals surface area contributed by atoms with Gasteiger partial charge in [0, 0.05) is 0 Å². The van der Waals surface area contributed by atoms with Crippen molar-refractivity contribution < 1.29 is 28.5 Å². The van der Waals surface area contributed by atoms with Crippen LogP contribution in [0.4, 0.5) is 0 Å². The van der Waals surface area contributed by atoms with Crippen LogP contribution in [0.25, 0.3) is 0 Å². The van der Waals surface area contributed by atoms with Crippen molar-refractivity contribution in [3.8, 4) is 17.2 Å². The van der Waals surface area contributed by atoms with Gasteiger partial charge in [0.2, 0.25) is 6.10 Å². The zero-order chi connectivity index (χ0) is 16.2. The van der Waals surface area contributed by atoms with E-state index in [4.69, 9.17) is 14.2 Å². The predicted molar refractivity (Wildman–Crippen MR) is 79.8 cm³/mol. The van der Waals surface area contributed by atoms with Crippen molar-refractivity contribution in [2.45, 2.75) is 6.10 Å². The lowest BCUT2D eigenvalue weighted by atomic mass is 10.2. The third-order valence-electron chi connectivity index (χ3n) is 3.27. The molecule has 118 valence electrons. The van der Waals surface area contributed by atoms with Gasteiger partial charge < -0.3 is 18.9 Å². The molecule has 0 fully saturated rings. The van der Waals surface area contributed by atoms with Gasteiger partial charge in [-0.15, -0.1) is 0 Å². The van der Waals surface area contributed by atoms with Crippen LogP contribution in [0, 0.1) is 0 Å². The number of carbonyl (C=O) groups excluding carboxylic acids is 2. The molecule has 0 N–H and O–H groups in total. The monoisotopic (exact) mass is 314 g/mol. The van der Waals surface area contributed by atoms with E-state index in [0.29, 0.717) is 22.8 Å². The third kappa shape index (κ3) is 3.26. The zero-order valence-electron chi connectivity index (χ0n) is 12.4. The summed E-state index contributed by atoms with van der Waals surface area (Å²) in [6.45, 7) is 0.0795.